The topological polar surface area (TPSA) is 59.3 Å². The van der Waals surface area contributed by atoms with Crippen LogP contribution in [-0.2, 0) is 6.42 Å². The summed E-state index contributed by atoms with van der Waals surface area (Å²) in [5.74, 6) is -1.18. The number of hydrogen-bond acceptors (Lipinski definition) is 2. The molecule has 0 aliphatic heterocycles. The van der Waals surface area contributed by atoms with E-state index >= 15 is 0 Å². The van der Waals surface area contributed by atoms with Gasteiger partial charge in [0.1, 0.15) is 0 Å². The smallest absolute Gasteiger partial charge is 0.337 e. The van der Waals surface area contributed by atoms with Crippen LogP contribution in [0.15, 0.2) is 42.7 Å². The van der Waals surface area contributed by atoms with E-state index in [-0.39, 0.29) is 17.9 Å². The predicted molar refractivity (Wildman–Crippen MR) is 66.9 cm³/mol. The van der Waals surface area contributed by atoms with Gasteiger partial charge in [0.05, 0.1) is 12.0 Å². The molecule has 0 amide bonds. The summed E-state index contributed by atoms with van der Waals surface area (Å²) in [7, 11) is 0. The van der Waals surface area contributed by atoms with Gasteiger partial charge in [-0.2, -0.15) is 0 Å². The van der Waals surface area contributed by atoms with Crippen LogP contribution < -0.4 is 0 Å². The van der Waals surface area contributed by atoms with Crippen LogP contribution in [0.5, 0.6) is 0 Å². The van der Waals surface area contributed by atoms with Gasteiger partial charge >= 0.3 is 5.97 Å². The van der Waals surface area contributed by atoms with Gasteiger partial charge in [-0.25, -0.2) is 4.79 Å². The Morgan fingerprint density at radius 2 is 2.06 bits per heavy atom. The van der Waals surface area contributed by atoms with E-state index in [9.17, 15) is 9.59 Å². The quantitative estimate of drug-likeness (QED) is 0.900. The highest BCUT2D eigenvalue weighted by atomic mass is 16.4. The maximum Gasteiger partial charge on any atom is 0.337 e. The summed E-state index contributed by atoms with van der Waals surface area (Å²) in [4.78, 5) is 22.6. The molecule has 2 rings (SSSR count). The standard InChI is InChI=1S/C14H13NO3/c1-10-3-2-4-11(7-10)8-13(16)15-6-5-12(9-15)14(17)18/h2-7,9H,8H2,1H3,(H,17,18). The van der Waals surface area contributed by atoms with E-state index in [2.05, 4.69) is 0 Å². The van der Waals surface area contributed by atoms with Crippen molar-refractivity contribution in [3.63, 3.8) is 0 Å². The van der Waals surface area contributed by atoms with Gasteiger partial charge in [-0.1, -0.05) is 29.8 Å². The summed E-state index contributed by atoms with van der Waals surface area (Å²) in [5.41, 5.74) is 2.14. The Balaban J connectivity index is 2.14. The first-order chi connectivity index (χ1) is 8.56. The lowest BCUT2D eigenvalue weighted by atomic mass is 10.1. The second-order valence-corrected chi connectivity index (χ2v) is 4.17. The minimum atomic E-state index is -1.03. The van der Waals surface area contributed by atoms with Gasteiger partial charge in [0.2, 0.25) is 5.91 Å². The summed E-state index contributed by atoms with van der Waals surface area (Å²) >= 11 is 0. The van der Waals surface area contributed by atoms with Crippen LogP contribution in [0, 0.1) is 6.92 Å². The Morgan fingerprint density at radius 1 is 1.28 bits per heavy atom. The molecule has 0 radical (unpaired) electrons. The number of carboxylic acid groups (broad SMARTS) is 1. The fourth-order valence-corrected chi connectivity index (χ4v) is 1.77. The molecule has 1 aromatic carbocycles. The highest BCUT2D eigenvalue weighted by Crippen LogP contribution is 2.08. The molecular weight excluding hydrogens is 230 g/mol. The number of carboxylic acids is 1. The summed E-state index contributed by atoms with van der Waals surface area (Å²) in [5, 5.41) is 8.78. The third-order valence-corrected chi connectivity index (χ3v) is 2.67. The maximum absolute atomic E-state index is 11.9. The van der Waals surface area contributed by atoms with Crippen LogP contribution >= 0.6 is 0 Å². The number of hydrogen-bond donors (Lipinski definition) is 1. The molecule has 2 aromatic rings. The molecule has 92 valence electrons. The molecule has 18 heavy (non-hydrogen) atoms. The molecule has 4 nitrogen and oxygen atoms in total. The zero-order valence-corrected chi connectivity index (χ0v) is 9.96. The molecule has 0 atom stereocenters. The van der Waals surface area contributed by atoms with Gasteiger partial charge in [0.25, 0.3) is 0 Å². The second kappa shape index (κ2) is 4.87. The zero-order valence-electron chi connectivity index (χ0n) is 9.96. The average Bonchev–Trinajstić information content (AvgIpc) is 2.78. The third kappa shape index (κ3) is 2.66. The van der Waals surface area contributed by atoms with Crippen molar-refractivity contribution in [1.82, 2.24) is 4.57 Å². The number of aryl methyl sites for hydroxylation is 1. The lowest BCUT2D eigenvalue weighted by Crippen LogP contribution is -2.11. The molecule has 1 heterocycles. The van der Waals surface area contributed by atoms with E-state index in [4.69, 9.17) is 5.11 Å². The molecule has 4 heteroatoms. The molecule has 0 saturated heterocycles. The first kappa shape index (κ1) is 12.1. The summed E-state index contributed by atoms with van der Waals surface area (Å²) in [6.45, 7) is 1.96. The van der Waals surface area contributed by atoms with Crippen LogP contribution in [-0.4, -0.2) is 21.6 Å². The highest BCUT2D eigenvalue weighted by Gasteiger charge is 2.10. The lowest BCUT2D eigenvalue weighted by Gasteiger charge is -2.03. The van der Waals surface area contributed by atoms with Gasteiger partial charge in [0, 0.05) is 12.4 Å². The van der Waals surface area contributed by atoms with E-state index in [1.165, 1.54) is 23.0 Å². The SMILES string of the molecule is Cc1cccc(CC(=O)n2ccc(C(=O)O)c2)c1. The Morgan fingerprint density at radius 3 is 2.67 bits per heavy atom. The Bertz CT molecular complexity index is 599. The number of aromatic nitrogens is 1. The third-order valence-electron chi connectivity index (χ3n) is 2.67. The van der Waals surface area contributed by atoms with E-state index in [0.29, 0.717) is 0 Å². The van der Waals surface area contributed by atoms with Crippen LogP contribution in [0.1, 0.15) is 26.3 Å². The molecule has 0 fully saturated rings. The molecule has 0 aliphatic rings. The number of benzene rings is 1. The van der Waals surface area contributed by atoms with Gasteiger partial charge in [-0.05, 0) is 18.6 Å². The molecule has 1 N–H and O–H groups in total. The van der Waals surface area contributed by atoms with Crippen LogP contribution in [0.3, 0.4) is 0 Å². The highest BCUT2D eigenvalue weighted by molar-refractivity contribution is 5.89. The number of rotatable bonds is 3. The van der Waals surface area contributed by atoms with Crippen molar-refractivity contribution < 1.29 is 14.7 Å². The molecule has 0 bridgehead atoms. The zero-order chi connectivity index (χ0) is 13.1. The number of nitrogens with zero attached hydrogens (tertiary/aromatic N) is 1. The van der Waals surface area contributed by atoms with Crippen molar-refractivity contribution in [2.75, 3.05) is 0 Å². The van der Waals surface area contributed by atoms with E-state index in [0.717, 1.165) is 11.1 Å². The molecule has 0 spiro atoms. The van der Waals surface area contributed by atoms with Crippen molar-refractivity contribution in [2.24, 2.45) is 0 Å². The average molecular weight is 243 g/mol. The fourth-order valence-electron chi connectivity index (χ4n) is 1.77. The Kier molecular flexibility index (Phi) is 3.28. The maximum atomic E-state index is 11.9. The van der Waals surface area contributed by atoms with Gasteiger partial charge in [0.15, 0.2) is 0 Å². The largest absolute Gasteiger partial charge is 0.478 e. The number of aromatic carboxylic acids is 1. The van der Waals surface area contributed by atoms with Crippen molar-refractivity contribution in [1.29, 1.82) is 0 Å². The van der Waals surface area contributed by atoms with E-state index in [1.54, 1.807) is 0 Å². The summed E-state index contributed by atoms with van der Waals surface area (Å²) in [6.07, 6.45) is 3.07. The van der Waals surface area contributed by atoms with Gasteiger partial charge in [-0.3, -0.25) is 9.36 Å². The van der Waals surface area contributed by atoms with Crippen molar-refractivity contribution in [3.8, 4) is 0 Å². The van der Waals surface area contributed by atoms with Crippen molar-refractivity contribution >= 4 is 11.9 Å². The van der Waals surface area contributed by atoms with Gasteiger partial charge in [-0.15, -0.1) is 0 Å². The number of carbonyl (C=O) groups excluding carboxylic acids is 1. The predicted octanol–water partition coefficient (Wildman–Crippen LogP) is 2.38. The van der Waals surface area contributed by atoms with Gasteiger partial charge < -0.3 is 5.11 Å². The first-order valence-electron chi connectivity index (χ1n) is 5.56. The normalized spacial score (nSPS) is 10.3. The van der Waals surface area contributed by atoms with E-state index in [1.807, 2.05) is 31.2 Å². The molecule has 0 unspecified atom stereocenters. The van der Waals surface area contributed by atoms with Crippen molar-refractivity contribution in [3.05, 3.63) is 59.4 Å². The summed E-state index contributed by atoms with van der Waals surface area (Å²) in [6, 6.07) is 9.10. The molecule has 1 aromatic heterocycles. The van der Waals surface area contributed by atoms with Crippen LogP contribution in [0.4, 0.5) is 0 Å². The van der Waals surface area contributed by atoms with E-state index < -0.39 is 5.97 Å². The summed E-state index contributed by atoms with van der Waals surface area (Å²) < 4.78 is 1.31. The second-order valence-electron chi connectivity index (χ2n) is 4.17. The first-order valence-corrected chi connectivity index (χ1v) is 5.56. The van der Waals surface area contributed by atoms with Crippen LogP contribution in [0.25, 0.3) is 0 Å². The lowest BCUT2D eigenvalue weighted by molar-refractivity contribution is 0.0697. The Hall–Kier alpha value is -2.36. The minimum absolute atomic E-state index is 0.118. The molecular formula is C14H13NO3. The fraction of sp³-hybridized carbons (Fsp3) is 0.143. The minimum Gasteiger partial charge on any atom is -0.478 e. The Labute approximate surface area is 104 Å². The monoisotopic (exact) mass is 243 g/mol. The van der Waals surface area contributed by atoms with Crippen molar-refractivity contribution in [2.45, 2.75) is 13.3 Å². The van der Waals surface area contributed by atoms with Crippen LogP contribution in [0.2, 0.25) is 0 Å². The number of carbonyl (C=O) groups is 2. The molecule has 0 saturated carbocycles. The molecule has 0 aliphatic carbocycles.